The van der Waals surface area contributed by atoms with Crippen molar-refractivity contribution in [2.75, 3.05) is 12.4 Å². The normalized spacial score (nSPS) is 57.8. The Labute approximate surface area is 148 Å². The molecule has 2 spiro atoms. The van der Waals surface area contributed by atoms with Crippen LogP contribution in [0.4, 0.5) is 0 Å². The Morgan fingerprint density at radius 1 is 1.20 bits per heavy atom. The summed E-state index contributed by atoms with van der Waals surface area (Å²) in [7, 11) is -3.39. The van der Waals surface area contributed by atoms with Gasteiger partial charge in [0.05, 0.1) is 30.0 Å². The molecule has 25 heavy (non-hydrogen) atoms. The highest BCUT2D eigenvalue weighted by Crippen LogP contribution is 2.75. The first-order valence-corrected chi connectivity index (χ1v) is 10.9. The molecular formula is C18H26O6S. The fourth-order valence-corrected chi connectivity index (χ4v) is 10.0. The summed E-state index contributed by atoms with van der Waals surface area (Å²) < 4.78 is 44.4. The van der Waals surface area contributed by atoms with Crippen LogP contribution in [0.5, 0.6) is 0 Å². The average molecular weight is 370 g/mol. The summed E-state index contributed by atoms with van der Waals surface area (Å²) in [6, 6.07) is 0. The van der Waals surface area contributed by atoms with Gasteiger partial charge in [-0.3, -0.25) is 4.79 Å². The van der Waals surface area contributed by atoms with E-state index in [2.05, 4.69) is 0 Å². The lowest BCUT2D eigenvalue weighted by Gasteiger charge is -2.72. The molecule has 5 fully saturated rings. The number of fused-ring (bicyclic) bond motifs is 3. The maximum Gasteiger partial charge on any atom is 0.164 e. The summed E-state index contributed by atoms with van der Waals surface area (Å²) in [6.45, 7) is 7.92. The lowest BCUT2D eigenvalue weighted by molar-refractivity contribution is -0.273. The van der Waals surface area contributed by atoms with Gasteiger partial charge in [0.2, 0.25) is 0 Å². The van der Waals surface area contributed by atoms with Crippen LogP contribution in [0.2, 0.25) is 0 Å². The van der Waals surface area contributed by atoms with E-state index in [0.29, 0.717) is 19.3 Å². The number of ether oxygens (including phenoxy) is 3. The maximum absolute atomic E-state index is 13.4. The van der Waals surface area contributed by atoms with Crippen molar-refractivity contribution in [2.45, 2.75) is 74.8 Å². The lowest BCUT2D eigenvalue weighted by Crippen LogP contribution is -2.87. The van der Waals surface area contributed by atoms with Crippen LogP contribution in [0, 0.1) is 17.8 Å². The third-order valence-electron chi connectivity index (χ3n) is 7.61. The molecule has 6 nitrogen and oxygen atoms in total. The monoisotopic (exact) mass is 370 g/mol. The van der Waals surface area contributed by atoms with Crippen molar-refractivity contribution in [1.82, 2.24) is 0 Å². The molecule has 0 N–H and O–H groups in total. The summed E-state index contributed by atoms with van der Waals surface area (Å²) in [6.07, 6.45) is 1.20. The first-order valence-electron chi connectivity index (χ1n) is 9.28. The standard InChI is InChI=1S/C18H26O6S/c1-10-9-18-13(16(4)14(10)23-15(2,3)24-16)12-11(19)5-6-17(12,18)22-7-8-25(18,20)21/h10,12-14H,5-9H2,1-4H3/t10-,12-,13-,14-,16+,17+,18-/m0/s1. The van der Waals surface area contributed by atoms with Crippen LogP contribution in [0.15, 0.2) is 0 Å². The molecule has 3 aliphatic carbocycles. The van der Waals surface area contributed by atoms with Crippen LogP contribution in [0.25, 0.3) is 0 Å². The quantitative estimate of drug-likeness (QED) is 0.642. The highest BCUT2D eigenvalue weighted by atomic mass is 32.2. The summed E-state index contributed by atoms with van der Waals surface area (Å²) >= 11 is 0. The van der Waals surface area contributed by atoms with Crippen molar-refractivity contribution in [3.8, 4) is 0 Å². The molecule has 0 bridgehead atoms. The second kappa shape index (κ2) is 4.32. The first-order chi connectivity index (χ1) is 11.5. The van der Waals surface area contributed by atoms with Gasteiger partial charge in [-0.2, -0.15) is 0 Å². The van der Waals surface area contributed by atoms with E-state index in [9.17, 15) is 13.2 Å². The topological polar surface area (TPSA) is 78.9 Å². The zero-order valence-electron chi connectivity index (χ0n) is 15.2. The average Bonchev–Trinajstić information content (AvgIpc) is 2.87. The van der Waals surface area contributed by atoms with Gasteiger partial charge in [-0.15, -0.1) is 0 Å². The molecule has 3 saturated carbocycles. The predicted molar refractivity (Wildman–Crippen MR) is 88.6 cm³/mol. The number of hydrogen-bond donors (Lipinski definition) is 0. The Kier molecular flexibility index (Phi) is 2.88. The number of sulfone groups is 1. The first kappa shape index (κ1) is 16.7. The summed E-state index contributed by atoms with van der Waals surface area (Å²) in [4.78, 5) is 12.8. The third kappa shape index (κ3) is 1.56. The minimum Gasteiger partial charge on any atom is -0.371 e. The summed E-state index contributed by atoms with van der Waals surface area (Å²) in [5, 5.41) is 0. The number of Topliss-reactive ketones (excluding diaryl/α,β-unsaturated/α-hetero) is 1. The Morgan fingerprint density at radius 2 is 1.92 bits per heavy atom. The Hall–Kier alpha value is -0.500. The Balaban J connectivity index is 1.75. The summed E-state index contributed by atoms with van der Waals surface area (Å²) in [5.74, 6) is -1.38. The Morgan fingerprint density at radius 3 is 2.64 bits per heavy atom. The van der Waals surface area contributed by atoms with Crippen molar-refractivity contribution in [1.29, 1.82) is 0 Å². The van der Waals surface area contributed by atoms with Crippen molar-refractivity contribution >= 4 is 15.6 Å². The van der Waals surface area contributed by atoms with E-state index < -0.39 is 31.6 Å². The van der Waals surface area contributed by atoms with Gasteiger partial charge >= 0.3 is 0 Å². The third-order valence-corrected chi connectivity index (χ3v) is 10.2. The van der Waals surface area contributed by atoms with Crippen molar-refractivity contribution in [3.63, 3.8) is 0 Å². The molecule has 7 atom stereocenters. The molecule has 140 valence electrons. The molecule has 2 saturated heterocycles. The molecule has 0 unspecified atom stereocenters. The van der Waals surface area contributed by atoms with E-state index >= 15 is 0 Å². The maximum atomic E-state index is 13.4. The van der Waals surface area contributed by atoms with E-state index in [1.54, 1.807) is 0 Å². The molecule has 2 aliphatic heterocycles. The zero-order chi connectivity index (χ0) is 18.0. The van der Waals surface area contributed by atoms with E-state index in [1.807, 2.05) is 27.7 Å². The molecule has 0 radical (unpaired) electrons. The van der Waals surface area contributed by atoms with Crippen LogP contribution in [-0.4, -0.2) is 54.4 Å². The molecule has 0 aromatic carbocycles. The molecule has 0 aromatic rings. The number of rotatable bonds is 0. The molecule has 0 aromatic heterocycles. The second-order valence-electron chi connectivity index (χ2n) is 9.27. The molecule has 5 aliphatic rings. The molecule has 7 heteroatoms. The van der Waals surface area contributed by atoms with Crippen LogP contribution >= 0.6 is 0 Å². The van der Waals surface area contributed by atoms with E-state index in [-0.39, 0.29) is 42.0 Å². The number of ketones is 1. The molecular weight excluding hydrogens is 344 g/mol. The smallest absolute Gasteiger partial charge is 0.164 e. The number of hydrogen-bond acceptors (Lipinski definition) is 6. The Bertz CT molecular complexity index is 774. The molecule has 0 amide bonds. The second-order valence-corrected chi connectivity index (χ2v) is 11.6. The van der Waals surface area contributed by atoms with Gasteiger partial charge in [0, 0.05) is 12.3 Å². The van der Waals surface area contributed by atoms with E-state index in [4.69, 9.17) is 14.2 Å². The van der Waals surface area contributed by atoms with Crippen LogP contribution in [0.1, 0.15) is 47.0 Å². The summed E-state index contributed by atoms with van der Waals surface area (Å²) in [5.41, 5.74) is -1.63. The lowest BCUT2D eigenvalue weighted by atomic mass is 9.43. The van der Waals surface area contributed by atoms with Gasteiger partial charge < -0.3 is 14.2 Å². The van der Waals surface area contributed by atoms with Gasteiger partial charge in [-0.05, 0) is 39.5 Å². The van der Waals surface area contributed by atoms with Gasteiger partial charge in [0.1, 0.15) is 16.1 Å². The molecule has 5 rings (SSSR count). The molecule has 2 heterocycles. The highest BCUT2D eigenvalue weighted by molar-refractivity contribution is 7.93. The van der Waals surface area contributed by atoms with E-state index in [1.165, 1.54) is 0 Å². The van der Waals surface area contributed by atoms with Gasteiger partial charge in [-0.25, -0.2) is 8.42 Å². The van der Waals surface area contributed by atoms with Gasteiger partial charge in [-0.1, -0.05) is 6.92 Å². The minimum absolute atomic E-state index is 0.0213. The van der Waals surface area contributed by atoms with Crippen molar-refractivity contribution < 1.29 is 27.4 Å². The van der Waals surface area contributed by atoms with E-state index in [0.717, 1.165) is 0 Å². The SMILES string of the molecule is C[C@H]1C[C@]23[C@@H]([C@@H]4C(=O)CC[C@@]42OCCS3(=O)=O)[C@@]2(C)OC(C)(C)O[C@@H]12. The predicted octanol–water partition coefficient (Wildman–Crippen LogP) is 1.47. The number of carbonyl (C=O) groups excluding carboxylic acids is 1. The van der Waals surface area contributed by atoms with Crippen LogP contribution < -0.4 is 0 Å². The largest absolute Gasteiger partial charge is 0.371 e. The van der Waals surface area contributed by atoms with Crippen LogP contribution in [-0.2, 0) is 28.8 Å². The van der Waals surface area contributed by atoms with Gasteiger partial charge in [0.15, 0.2) is 15.6 Å². The fourth-order valence-electron chi connectivity index (χ4n) is 7.26. The number of carbonyl (C=O) groups is 1. The van der Waals surface area contributed by atoms with Crippen LogP contribution in [0.3, 0.4) is 0 Å². The van der Waals surface area contributed by atoms with Gasteiger partial charge in [0.25, 0.3) is 0 Å². The van der Waals surface area contributed by atoms with Crippen molar-refractivity contribution in [2.24, 2.45) is 17.8 Å². The zero-order valence-corrected chi connectivity index (χ0v) is 16.0. The minimum atomic E-state index is -3.39. The fraction of sp³-hybridized carbons (Fsp3) is 0.944. The van der Waals surface area contributed by atoms with Crippen molar-refractivity contribution in [3.05, 3.63) is 0 Å². The highest BCUT2D eigenvalue weighted by Gasteiger charge is 2.89.